The van der Waals surface area contributed by atoms with Crippen LogP contribution in [-0.2, 0) is 16.0 Å². The Morgan fingerprint density at radius 2 is 1.78 bits per heavy atom. The van der Waals surface area contributed by atoms with Gasteiger partial charge in [-0.3, -0.25) is 14.2 Å². The van der Waals surface area contributed by atoms with Crippen molar-refractivity contribution in [3.05, 3.63) is 64.3 Å². The lowest BCUT2D eigenvalue weighted by molar-refractivity contribution is -0.130. The molecule has 0 radical (unpaired) electrons. The monoisotopic (exact) mass is 518 g/mol. The molecule has 36 heavy (non-hydrogen) atoms. The molecule has 4 atom stereocenters. The van der Waals surface area contributed by atoms with Gasteiger partial charge in [0.2, 0.25) is 5.91 Å². The smallest absolute Gasteiger partial charge is 0.262 e. The largest absolute Gasteiger partial charge is 0.497 e. The van der Waals surface area contributed by atoms with Gasteiger partial charge in [0.1, 0.15) is 36.4 Å². The molecule has 11 heteroatoms. The van der Waals surface area contributed by atoms with E-state index in [2.05, 4.69) is 5.32 Å². The average molecular weight is 519 g/mol. The second-order valence-electron chi connectivity index (χ2n) is 8.23. The van der Waals surface area contributed by atoms with E-state index >= 15 is 0 Å². The maximum atomic E-state index is 13.4. The summed E-state index contributed by atoms with van der Waals surface area (Å²) >= 11 is 5.94. The summed E-state index contributed by atoms with van der Waals surface area (Å²) in [6, 6.07) is 9.89. The number of aliphatic hydroxyl groups is 4. The van der Waals surface area contributed by atoms with Crippen molar-refractivity contribution < 1.29 is 39.5 Å². The Bertz CT molecular complexity index is 1260. The summed E-state index contributed by atoms with van der Waals surface area (Å²) in [4.78, 5) is 37.7. The van der Waals surface area contributed by atoms with Gasteiger partial charge < -0.3 is 35.3 Å². The third-order valence-corrected chi connectivity index (χ3v) is 6.20. The van der Waals surface area contributed by atoms with Gasteiger partial charge in [-0.2, -0.15) is 0 Å². The van der Waals surface area contributed by atoms with Crippen LogP contribution in [0.5, 0.6) is 5.75 Å². The molecule has 0 aliphatic rings. The first kappa shape index (κ1) is 27.3. The minimum atomic E-state index is -1.87. The lowest BCUT2D eigenvalue weighted by Gasteiger charge is -2.26. The number of aliphatic hydroxyl groups excluding tert-OH is 4. The maximum absolute atomic E-state index is 13.4. The van der Waals surface area contributed by atoms with Crippen LogP contribution in [0.3, 0.4) is 0 Å². The van der Waals surface area contributed by atoms with E-state index in [1.165, 1.54) is 11.7 Å². The maximum Gasteiger partial charge on any atom is 0.262 e. The molecule has 10 nitrogen and oxygen atoms in total. The quantitative estimate of drug-likeness (QED) is 0.244. The fraction of sp³-hybridized carbons (Fsp3) is 0.320. The molecule has 1 aromatic heterocycles. The minimum Gasteiger partial charge on any atom is -0.497 e. The molecule has 0 saturated carbocycles. The zero-order valence-corrected chi connectivity index (χ0v) is 20.3. The van der Waals surface area contributed by atoms with Gasteiger partial charge in [-0.05, 0) is 55.0 Å². The highest BCUT2D eigenvalue weighted by molar-refractivity contribution is 6.30. The summed E-state index contributed by atoms with van der Waals surface area (Å²) in [6.45, 7) is 0.830. The van der Waals surface area contributed by atoms with Gasteiger partial charge in [-0.25, -0.2) is 0 Å². The number of ether oxygens (including phenoxy) is 1. The number of halogens is 1. The first-order valence-corrected chi connectivity index (χ1v) is 11.4. The lowest BCUT2D eigenvalue weighted by Crippen LogP contribution is -2.53. The zero-order valence-electron chi connectivity index (χ0n) is 19.6. The van der Waals surface area contributed by atoms with Crippen LogP contribution in [0.2, 0.25) is 5.02 Å². The van der Waals surface area contributed by atoms with Crippen LogP contribution in [0, 0.1) is 6.92 Å². The first-order chi connectivity index (χ1) is 17.1. The van der Waals surface area contributed by atoms with Crippen molar-refractivity contribution in [1.82, 2.24) is 9.88 Å². The van der Waals surface area contributed by atoms with Crippen molar-refractivity contribution in [1.29, 1.82) is 0 Å². The van der Waals surface area contributed by atoms with E-state index in [-0.39, 0.29) is 18.6 Å². The van der Waals surface area contributed by atoms with Crippen LogP contribution in [0.1, 0.15) is 21.6 Å². The van der Waals surface area contributed by atoms with Crippen molar-refractivity contribution in [2.24, 2.45) is 0 Å². The zero-order chi connectivity index (χ0) is 26.6. The Labute approximate surface area is 211 Å². The van der Waals surface area contributed by atoms with Crippen molar-refractivity contribution in [3.63, 3.8) is 0 Å². The molecule has 5 N–H and O–H groups in total. The van der Waals surface area contributed by atoms with Crippen molar-refractivity contribution in [2.75, 3.05) is 13.7 Å². The molecule has 1 amide bonds. The third-order valence-electron chi connectivity index (χ3n) is 5.95. The molecule has 0 bridgehead atoms. The second-order valence-corrected chi connectivity index (χ2v) is 8.67. The lowest BCUT2D eigenvalue weighted by atomic mass is 10.0. The van der Waals surface area contributed by atoms with Crippen molar-refractivity contribution in [3.8, 4) is 5.75 Å². The number of aldehydes is 1. The highest BCUT2D eigenvalue weighted by Crippen LogP contribution is 2.31. The second kappa shape index (κ2) is 11.6. The molecule has 0 spiro atoms. The number of nitrogens with zero attached hydrogens (tertiary/aromatic N) is 1. The van der Waals surface area contributed by atoms with Gasteiger partial charge in [-0.15, -0.1) is 0 Å². The Morgan fingerprint density at radius 3 is 2.36 bits per heavy atom. The number of carbonyl (C=O) groups excluding carboxylic acids is 3. The standard InChI is InChI=1S/C25H27ClN2O8/c1-13-17(10-22(32)27-19(11-29)23(33)24(34)21(31)12-30)18-9-16(36-2)7-8-20(18)28(13)25(35)14-3-5-15(26)6-4-14/h3-9,11,19,21,23-24,30-31,33-34H,10,12H2,1-2H3,(H,27,32)/t19?,21-,23-,24-/m1/s1. The number of carbonyl (C=O) groups is 3. The molecule has 2 aromatic carbocycles. The molecule has 3 aromatic rings. The van der Waals surface area contributed by atoms with Gasteiger partial charge in [0.25, 0.3) is 5.91 Å². The van der Waals surface area contributed by atoms with Crippen LogP contribution < -0.4 is 10.1 Å². The summed E-state index contributed by atoms with van der Waals surface area (Å²) < 4.78 is 6.77. The molecular formula is C25H27ClN2O8. The third kappa shape index (κ3) is 5.58. The van der Waals surface area contributed by atoms with E-state index < -0.39 is 36.9 Å². The van der Waals surface area contributed by atoms with E-state index in [1.54, 1.807) is 49.4 Å². The molecule has 192 valence electrons. The van der Waals surface area contributed by atoms with Crippen molar-refractivity contribution >= 4 is 40.6 Å². The number of nitrogens with one attached hydrogen (secondary N) is 1. The SMILES string of the molecule is COc1ccc2c(c1)c(CC(=O)NC(C=O)[C@@H](O)[C@H](O)[C@H](O)CO)c(C)n2C(=O)c1ccc(Cl)cc1. The van der Waals surface area contributed by atoms with Gasteiger partial charge in [0.15, 0.2) is 0 Å². The summed E-state index contributed by atoms with van der Waals surface area (Å²) in [7, 11) is 1.48. The van der Waals surface area contributed by atoms with Crippen LogP contribution in [0.4, 0.5) is 0 Å². The van der Waals surface area contributed by atoms with Gasteiger partial charge in [-0.1, -0.05) is 11.6 Å². The molecule has 3 rings (SSSR count). The van der Waals surface area contributed by atoms with Crippen molar-refractivity contribution in [2.45, 2.75) is 37.7 Å². The van der Waals surface area contributed by atoms with Gasteiger partial charge in [0, 0.05) is 21.7 Å². The fourth-order valence-electron chi connectivity index (χ4n) is 3.94. The number of hydrogen-bond donors (Lipinski definition) is 5. The van der Waals surface area contributed by atoms with Crippen LogP contribution in [-0.4, -0.2) is 81.2 Å². The first-order valence-electron chi connectivity index (χ1n) is 11.0. The molecule has 0 aliphatic carbocycles. The normalized spacial score (nSPS) is 14.6. The molecule has 1 heterocycles. The van der Waals surface area contributed by atoms with E-state index in [9.17, 15) is 29.7 Å². The average Bonchev–Trinajstić information content (AvgIpc) is 3.15. The van der Waals surface area contributed by atoms with Gasteiger partial charge in [0.05, 0.1) is 25.7 Å². The molecule has 0 saturated heterocycles. The highest BCUT2D eigenvalue weighted by atomic mass is 35.5. The Hall–Kier alpha value is -3.28. The Kier molecular flexibility index (Phi) is 8.83. The summed E-state index contributed by atoms with van der Waals surface area (Å²) in [5.74, 6) is -0.517. The molecule has 0 aliphatic heterocycles. The van der Waals surface area contributed by atoms with Gasteiger partial charge >= 0.3 is 0 Å². The summed E-state index contributed by atoms with van der Waals surface area (Å²) in [6.07, 6.45) is -5.48. The van der Waals surface area contributed by atoms with Crippen LogP contribution >= 0.6 is 11.6 Å². The number of rotatable bonds is 10. The molecule has 1 unspecified atom stereocenters. The van der Waals surface area contributed by atoms with E-state index in [4.69, 9.17) is 21.4 Å². The summed E-state index contributed by atoms with van der Waals surface area (Å²) in [5.41, 5.74) is 1.88. The number of amides is 1. The van der Waals surface area contributed by atoms with E-state index in [1.807, 2.05) is 0 Å². The predicted molar refractivity (Wildman–Crippen MR) is 131 cm³/mol. The van der Waals surface area contributed by atoms with Crippen LogP contribution in [0.15, 0.2) is 42.5 Å². The fourth-order valence-corrected chi connectivity index (χ4v) is 4.07. The number of benzene rings is 2. The minimum absolute atomic E-state index is 0.221. The topological polar surface area (TPSA) is 158 Å². The van der Waals surface area contributed by atoms with E-state index in [0.29, 0.717) is 38.5 Å². The van der Waals surface area contributed by atoms with E-state index in [0.717, 1.165) is 0 Å². The summed E-state index contributed by atoms with van der Waals surface area (Å²) in [5, 5.41) is 41.9. The number of aromatic nitrogens is 1. The highest BCUT2D eigenvalue weighted by Gasteiger charge is 2.32. The molecular weight excluding hydrogens is 492 g/mol. The molecule has 0 fully saturated rings. The number of methoxy groups -OCH3 is 1. The number of hydrogen-bond acceptors (Lipinski definition) is 8. The Balaban J connectivity index is 1.97. The number of fused-ring (bicyclic) bond motifs is 1. The predicted octanol–water partition coefficient (Wildman–Crippen LogP) is 0.601. The van der Waals surface area contributed by atoms with Crippen LogP contribution in [0.25, 0.3) is 10.9 Å². The Morgan fingerprint density at radius 1 is 1.11 bits per heavy atom.